The smallest absolute Gasteiger partial charge is 0.207 e. The van der Waals surface area contributed by atoms with E-state index in [1.807, 2.05) is 0 Å². The van der Waals surface area contributed by atoms with Gasteiger partial charge in [0.05, 0.1) is 0 Å². The van der Waals surface area contributed by atoms with Gasteiger partial charge in [-0.1, -0.05) is 0 Å². The van der Waals surface area contributed by atoms with E-state index in [0.717, 1.165) is 12.1 Å². The second-order valence-electron chi connectivity index (χ2n) is 4.43. The van der Waals surface area contributed by atoms with Gasteiger partial charge in [-0.25, -0.2) is 21.9 Å². The van der Waals surface area contributed by atoms with Crippen molar-refractivity contribution in [3.63, 3.8) is 0 Å². The molecule has 90 valence electrons. The molecule has 0 aliphatic heterocycles. The van der Waals surface area contributed by atoms with Crippen LogP contribution in [-0.2, 0) is 10.0 Å². The van der Waals surface area contributed by atoms with Crippen LogP contribution in [0.5, 0.6) is 0 Å². The minimum Gasteiger partial charge on any atom is -0.207 e. The van der Waals surface area contributed by atoms with Crippen molar-refractivity contribution in [3.8, 4) is 0 Å². The van der Waals surface area contributed by atoms with E-state index in [2.05, 4.69) is 4.72 Å². The summed E-state index contributed by atoms with van der Waals surface area (Å²) in [6.45, 7) is 4.84. The Hall–Kier alpha value is -1.01. The molecule has 0 fully saturated rings. The number of halogens is 2. The first kappa shape index (κ1) is 13.1. The molecule has 0 aliphatic rings. The average molecular weight is 249 g/mol. The number of nitrogens with one attached hydrogen (secondary N) is 1. The summed E-state index contributed by atoms with van der Waals surface area (Å²) in [5.74, 6) is -1.77. The molecule has 6 heteroatoms. The van der Waals surface area contributed by atoms with Gasteiger partial charge >= 0.3 is 0 Å². The largest absolute Gasteiger partial charge is 0.244 e. The van der Waals surface area contributed by atoms with E-state index >= 15 is 0 Å². The molecule has 0 heterocycles. The van der Waals surface area contributed by atoms with Crippen molar-refractivity contribution in [3.05, 3.63) is 29.8 Å². The molecule has 3 nitrogen and oxygen atoms in total. The fraction of sp³-hybridized carbons (Fsp3) is 0.400. The number of sulfonamides is 1. The third kappa shape index (κ3) is 3.24. The normalized spacial score (nSPS) is 12.8. The summed E-state index contributed by atoms with van der Waals surface area (Å²) in [6.07, 6.45) is 0. The molecule has 0 bridgehead atoms. The monoisotopic (exact) mass is 249 g/mol. The van der Waals surface area contributed by atoms with Crippen molar-refractivity contribution in [1.82, 2.24) is 4.72 Å². The topological polar surface area (TPSA) is 46.2 Å². The van der Waals surface area contributed by atoms with Gasteiger partial charge < -0.3 is 0 Å². The van der Waals surface area contributed by atoms with Gasteiger partial charge in [0, 0.05) is 5.54 Å². The lowest BCUT2D eigenvalue weighted by Gasteiger charge is -2.20. The van der Waals surface area contributed by atoms with Crippen LogP contribution >= 0.6 is 0 Å². The molecule has 0 aromatic heterocycles. The quantitative estimate of drug-likeness (QED) is 0.871. The van der Waals surface area contributed by atoms with Gasteiger partial charge in [-0.15, -0.1) is 0 Å². The zero-order chi connectivity index (χ0) is 12.6. The van der Waals surface area contributed by atoms with Crippen LogP contribution < -0.4 is 4.72 Å². The van der Waals surface area contributed by atoms with Crippen LogP contribution in [0.15, 0.2) is 23.1 Å². The van der Waals surface area contributed by atoms with Crippen molar-refractivity contribution < 1.29 is 17.2 Å². The Bertz CT molecular complexity index is 492. The van der Waals surface area contributed by atoms with E-state index in [-0.39, 0.29) is 0 Å². The van der Waals surface area contributed by atoms with Gasteiger partial charge in [0.25, 0.3) is 0 Å². The van der Waals surface area contributed by atoms with Crippen molar-refractivity contribution in [2.24, 2.45) is 0 Å². The molecule has 0 aliphatic carbocycles. The zero-order valence-corrected chi connectivity index (χ0v) is 10.0. The lowest BCUT2D eigenvalue weighted by molar-refractivity contribution is 0.484. The van der Waals surface area contributed by atoms with E-state index in [0.29, 0.717) is 6.07 Å². The highest BCUT2D eigenvalue weighted by atomic mass is 32.2. The summed E-state index contributed by atoms with van der Waals surface area (Å²) in [4.78, 5) is -0.678. The SMILES string of the molecule is CC(C)(C)NS(=O)(=O)c1cc(F)ccc1F. The molecule has 0 amide bonds. The van der Waals surface area contributed by atoms with Crippen LogP contribution in [0.25, 0.3) is 0 Å². The van der Waals surface area contributed by atoms with Crippen LogP contribution in [0.3, 0.4) is 0 Å². The third-order valence-corrected chi connectivity index (χ3v) is 3.40. The number of hydrogen-bond donors (Lipinski definition) is 1. The van der Waals surface area contributed by atoms with E-state index in [1.54, 1.807) is 20.8 Å². The van der Waals surface area contributed by atoms with Crippen LogP contribution in [0.1, 0.15) is 20.8 Å². The highest BCUT2D eigenvalue weighted by Gasteiger charge is 2.25. The zero-order valence-electron chi connectivity index (χ0n) is 9.21. The summed E-state index contributed by atoms with van der Waals surface area (Å²) in [5.41, 5.74) is -0.752. The maximum Gasteiger partial charge on any atom is 0.244 e. The molecule has 0 saturated heterocycles. The van der Waals surface area contributed by atoms with E-state index in [9.17, 15) is 17.2 Å². The molecule has 1 aromatic carbocycles. The summed E-state index contributed by atoms with van der Waals surface area (Å²) < 4.78 is 51.8. The molecule has 16 heavy (non-hydrogen) atoms. The molecule has 0 unspecified atom stereocenters. The van der Waals surface area contributed by atoms with E-state index < -0.39 is 32.1 Å². The Morgan fingerprint density at radius 1 is 1.19 bits per heavy atom. The van der Waals surface area contributed by atoms with Crippen LogP contribution in [0.4, 0.5) is 8.78 Å². The predicted molar refractivity (Wildman–Crippen MR) is 56.4 cm³/mol. The summed E-state index contributed by atoms with van der Waals surface area (Å²) in [6, 6.07) is 2.31. The second-order valence-corrected chi connectivity index (χ2v) is 6.08. The van der Waals surface area contributed by atoms with Gasteiger partial charge in [-0.3, -0.25) is 0 Å². The van der Waals surface area contributed by atoms with Crippen LogP contribution in [0, 0.1) is 11.6 Å². The molecule has 0 radical (unpaired) electrons. The first-order valence-corrected chi connectivity index (χ1v) is 6.09. The molecule has 1 aromatic rings. The van der Waals surface area contributed by atoms with E-state index in [1.165, 1.54) is 0 Å². The van der Waals surface area contributed by atoms with Crippen molar-refractivity contribution in [2.75, 3.05) is 0 Å². The fourth-order valence-corrected chi connectivity index (χ4v) is 2.65. The molecule has 0 atom stereocenters. The van der Waals surface area contributed by atoms with Gasteiger partial charge in [-0.2, -0.15) is 0 Å². The maximum absolute atomic E-state index is 13.3. The number of benzene rings is 1. The second kappa shape index (κ2) is 4.10. The summed E-state index contributed by atoms with van der Waals surface area (Å²) in [5, 5.41) is 0. The van der Waals surface area contributed by atoms with Crippen molar-refractivity contribution >= 4 is 10.0 Å². The number of hydrogen-bond acceptors (Lipinski definition) is 2. The van der Waals surface area contributed by atoms with Gasteiger partial charge in [0.15, 0.2) is 0 Å². The highest BCUT2D eigenvalue weighted by molar-refractivity contribution is 7.89. The standard InChI is InChI=1S/C10H13F2NO2S/c1-10(2,3)13-16(14,15)9-6-7(11)4-5-8(9)12/h4-6,13H,1-3H3. The lowest BCUT2D eigenvalue weighted by Crippen LogP contribution is -2.40. The predicted octanol–water partition coefficient (Wildman–Crippen LogP) is 2.04. The Kier molecular flexibility index (Phi) is 3.35. The van der Waals surface area contributed by atoms with Crippen LogP contribution in [0.2, 0.25) is 0 Å². The highest BCUT2D eigenvalue weighted by Crippen LogP contribution is 2.17. The molecule has 0 saturated carbocycles. The van der Waals surface area contributed by atoms with Gasteiger partial charge in [0.1, 0.15) is 16.5 Å². The Morgan fingerprint density at radius 3 is 2.25 bits per heavy atom. The average Bonchev–Trinajstić information content (AvgIpc) is 2.04. The minimum absolute atomic E-state index is 0.656. The lowest BCUT2D eigenvalue weighted by atomic mass is 10.1. The van der Waals surface area contributed by atoms with E-state index in [4.69, 9.17) is 0 Å². The molecule has 0 spiro atoms. The Balaban J connectivity index is 3.22. The van der Waals surface area contributed by atoms with Gasteiger partial charge in [0.2, 0.25) is 10.0 Å². The first-order chi connectivity index (χ1) is 7.12. The fourth-order valence-electron chi connectivity index (χ4n) is 1.14. The molecule has 1 N–H and O–H groups in total. The summed E-state index contributed by atoms with van der Waals surface area (Å²) >= 11 is 0. The van der Waals surface area contributed by atoms with Crippen molar-refractivity contribution in [1.29, 1.82) is 0 Å². The maximum atomic E-state index is 13.3. The van der Waals surface area contributed by atoms with Crippen molar-refractivity contribution in [2.45, 2.75) is 31.2 Å². The number of rotatable bonds is 2. The first-order valence-electron chi connectivity index (χ1n) is 4.61. The Morgan fingerprint density at radius 2 is 1.75 bits per heavy atom. The molecular formula is C10H13F2NO2S. The minimum atomic E-state index is -4.04. The van der Waals surface area contributed by atoms with Gasteiger partial charge in [-0.05, 0) is 39.0 Å². The molecular weight excluding hydrogens is 236 g/mol. The third-order valence-electron chi connectivity index (χ3n) is 1.62. The Labute approximate surface area is 93.5 Å². The summed E-state index contributed by atoms with van der Waals surface area (Å²) in [7, 11) is -4.04. The molecule has 1 rings (SSSR count). The van der Waals surface area contributed by atoms with Crippen LogP contribution in [-0.4, -0.2) is 14.0 Å².